The fourth-order valence-corrected chi connectivity index (χ4v) is 9.94. The lowest BCUT2D eigenvalue weighted by atomic mass is 9.92. The van der Waals surface area contributed by atoms with Crippen LogP contribution in [0.4, 0.5) is 27.8 Å². The Hall–Kier alpha value is -5.97. The largest absolute Gasteiger partial charge is 0.489 e. The number of hydrogen-bond donors (Lipinski definition) is 3. The molecule has 0 radical (unpaired) electrons. The van der Waals surface area contributed by atoms with Gasteiger partial charge < -0.3 is 39.9 Å². The van der Waals surface area contributed by atoms with Gasteiger partial charge in [-0.1, -0.05) is 11.2 Å². The molecule has 0 saturated carbocycles. The zero-order valence-electron chi connectivity index (χ0n) is 32.5. The summed E-state index contributed by atoms with van der Waals surface area (Å²) in [4.78, 5) is 69.5. The molecule has 17 nitrogen and oxygen atoms in total. The number of aromatic nitrogens is 3. The zero-order valence-corrected chi connectivity index (χ0v) is 32.5. The van der Waals surface area contributed by atoms with Crippen LogP contribution in [0.5, 0.6) is 5.75 Å². The number of carbonyl (C=O) groups is 4. The van der Waals surface area contributed by atoms with E-state index in [0.29, 0.717) is 55.7 Å². The smallest absolute Gasteiger partial charge is 0.320 e. The fourth-order valence-electron chi connectivity index (χ4n) is 9.94. The van der Waals surface area contributed by atoms with Crippen LogP contribution >= 0.6 is 0 Å². The quantitative estimate of drug-likeness (QED) is 0.221. The Morgan fingerprint density at radius 3 is 2.71 bits per heavy atom. The van der Waals surface area contributed by atoms with Gasteiger partial charge in [0.15, 0.2) is 17.1 Å². The summed E-state index contributed by atoms with van der Waals surface area (Å²) in [5, 5.41) is 10.9. The van der Waals surface area contributed by atoms with Crippen LogP contribution in [0.15, 0.2) is 41.1 Å². The third kappa shape index (κ3) is 6.50. The second kappa shape index (κ2) is 14.4. The van der Waals surface area contributed by atoms with Crippen molar-refractivity contribution in [3.05, 3.63) is 59.0 Å². The Kier molecular flexibility index (Phi) is 9.06. The van der Waals surface area contributed by atoms with Gasteiger partial charge in [0.25, 0.3) is 5.91 Å². The van der Waals surface area contributed by atoms with Crippen molar-refractivity contribution in [2.75, 3.05) is 81.1 Å². The number of nitrogens with zero attached hydrogens (tertiary/aromatic N) is 8. The van der Waals surface area contributed by atoms with Gasteiger partial charge in [-0.05, 0) is 61.8 Å². The molecule has 4 fully saturated rings. The van der Waals surface area contributed by atoms with E-state index in [2.05, 4.69) is 47.6 Å². The van der Waals surface area contributed by atoms with Gasteiger partial charge in [-0.15, -0.1) is 0 Å². The molecule has 4 atom stereocenters. The number of rotatable bonds is 8. The number of hydrogen-bond acceptors (Lipinski definition) is 13. The average Bonchev–Trinajstić information content (AvgIpc) is 3.93. The number of primary amides is 1. The third-order valence-corrected chi connectivity index (χ3v) is 12.9. The molecule has 1 aliphatic carbocycles. The topological polar surface area (TPSA) is 196 Å². The lowest BCUT2D eigenvalue weighted by Crippen LogP contribution is -2.57. The lowest BCUT2D eigenvalue weighted by molar-refractivity contribution is -0.134. The molecule has 5 aliphatic heterocycles. The number of benzene rings is 2. The summed E-state index contributed by atoms with van der Waals surface area (Å²) >= 11 is 0. The van der Waals surface area contributed by atoms with Crippen LogP contribution in [-0.4, -0.2) is 132 Å². The molecule has 5 amide bonds. The summed E-state index contributed by atoms with van der Waals surface area (Å²) < 4.78 is 12.3. The van der Waals surface area contributed by atoms with Crippen LogP contribution in [0.2, 0.25) is 0 Å². The summed E-state index contributed by atoms with van der Waals surface area (Å²) in [6.45, 7) is 7.03. The molecule has 58 heavy (non-hydrogen) atoms. The van der Waals surface area contributed by atoms with E-state index in [9.17, 15) is 19.2 Å². The number of imide groups is 1. The number of piperidine rings is 2. The minimum absolute atomic E-state index is 0.0519. The van der Waals surface area contributed by atoms with E-state index < -0.39 is 11.8 Å². The Morgan fingerprint density at radius 1 is 1.00 bits per heavy atom. The highest BCUT2D eigenvalue weighted by atomic mass is 16.5. The van der Waals surface area contributed by atoms with Gasteiger partial charge in [-0.25, -0.2) is 14.8 Å². The standard InChI is InChI=1S/C41H47N11O6/c1-48-11-13-52(41(48)56)26-3-2-10-50(21-26)33-18-43-36(38(42)54)39(45-33)44-25-5-8-31-32(17-25)57-22-27-20-49(12-14-51(27)31)19-23-15-24-4-6-28-35(47-58-37(28)30(24)16-23)29-7-9-34(53)46-40(29)55/h4-6,8,17-18,23,26-27,29H,2-3,7,9-16,19-22H2,1H3,(H2,42,54)(H,44,45)(H,46,53,55)/t23?,26-,27-,29?/m1/s1. The van der Waals surface area contributed by atoms with Gasteiger partial charge >= 0.3 is 6.03 Å². The van der Waals surface area contributed by atoms with Gasteiger partial charge in [0.1, 0.15) is 23.9 Å². The highest BCUT2D eigenvalue weighted by Gasteiger charge is 2.38. The van der Waals surface area contributed by atoms with Crippen molar-refractivity contribution in [3.63, 3.8) is 0 Å². The molecule has 7 heterocycles. The number of fused-ring (bicyclic) bond motifs is 6. The molecule has 2 aromatic heterocycles. The second-order valence-electron chi connectivity index (χ2n) is 16.6. The first-order valence-electron chi connectivity index (χ1n) is 20.4. The number of amides is 5. The maximum atomic E-state index is 12.7. The molecule has 302 valence electrons. The summed E-state index contributed by atoms with van der Waals surface area (Å²) in [5.41, 5.74) is 11.4. The Morgan fingerprint density at radius 2 is 1.88 bits per heavy atom. The summed E-state index contributed by atoms with van der Waals surface area (Å²) in [6.07, 6.45) is 6.01. The van der Waals surface area contributed by atoms with Crippen molar-refractivity contribution >= 4 is 57.7 Å². The number of carbonyl (C=O) groups excluding carboxylic acids is 4. The number of nitrogens with two attached hydrogens (primary N) is 1. The summed E-state index contributed by atoms with van der Waals surface area (Å²) in [5.74, 6) is 0.392. The first-order valence-corrected chi connectivity index (χ1v) is 20.4. The van der Waals surface area contributed by atoms with Crippen LogP contribution in [0.3, 0.4) is 0 Å². The molecular formula is C41H47N11O6. The van der Waals surface area contributed by atoms with Crippen molar-refractivity contribution in [2.45, 2.75) is 56.5 Å². The van der Waals surface area contributed by atoms with E-state index in [0.717, 1.165) is 87.4 Å². The first-order chi connectivity index (χ1) is 28.2. The van der Waals surface area contributed by atoms with Gasteiger partial charge in [0.2, 0.25) is 11.8 Å². The van der Waals surface area contributed by atoms with E-state index in [4.69, 9.17) is 20.0 Å². The second-order valence-corrected chi connectivity index (χ2v) is 16.6. The zero-order chi connectivity index (χ0) is 39.7. The SMILES string of the molecule is CN1CCN([C@@H]2CCCN(c3cnc(C(N)=O)c(Nc4ccc5c(c4)OC[C@H]4CN(CC6Cc7ccc8c(C9CCC(=O)NC9=O)noc8c7C6)CCN54)n3)C2)C1=O. The Balaban J connectivity index is 0.785. The maximum Gasteiger partial charge on any atom is 0.320 e. The highest BCUT2D eigenvalue weighted by Crippen LogP contribution is 2.40. The van der Waals surface area contributed by atoms with Crippen molar-refractivity contribution in [1.29, 1.82) is 0 Å². The minimum atomic E-state index is -0.676. The van der Waals surface area contributed by atoms with Gasteiger partial charge in [0.05, 0.1) is 29.9 Å². The molecular weight excluding hydrogens is 743 g/mol. The summed E-state index contributed by atoms with van der Waals surface area (Å²) in [7, 11) is 1.83. The molecule has 0 bridgehead atoms. The molecule has 0 spiro atoms. The summed E-state index contributed by atoms with van der Waals surface area (Å²) in [6, 6.07) is 10.5. The minimum Gasteiger partial charge on any atom is -0.489 e. The van der Waals surface area contributed by atoms with Gasteiger partial charge in [-0.2, -0.15) is 0 Å². The van der Waals surface area contributed by atoms with Gasteiger partial charge in [0, 0.05) is 88.5 Å². The van der Waals surface area contributed by atoms with Crippen LogP contribution in [0.1, 0.15) is 58.9 Å². The van der Waals surface area contributed by atoms with Crippen molar-refractivity contribution < 1.29 is 28.4 Å². The highest BCUT2D eigenvalue weighted by molar-refractivity contribution is 6.02. The van der Waals surface area contributed by atoms with Crippen LogP contribution in [0.25, 0.3) is 11.0 Å². The molecule has 4 saturated heterocycles. The monoisotopic (exact) mass is 789 g/mol. The van der Waals surface area contributed by atoms with E-state index in [1.54, 1.807) is 11.1 Å². The number of piperazine rings is 1. The van der Waals surface area contributed by atoms with E-state index >= 15 is 0 Å². The molecule has 10 rings (SSSR count). The average molecular weight is 790 g/mol. The number of nitrogens with one attached hydrogen (secondary N) is 2. The Labute approximate surface area is 334 Å². The molecule has 2 unspecified atom stereocenters. The fraction of sp³-hybridized carbons (Fsp3) is 0.488. The van der Waals surface area contributed by atoms with Gasteiger partial charge in [-0.3, -0.25) is 24.6 Å². The van der Waals surface area contributed by atoms with Crippen LogP contribution in [-0.2, 0) is 22.4 Å². The van der Waals surface area contributed by atoms with E-state index in [-0.39, 0.29) is 41.4 Å². The van der Waals surface area contributed by atoms with Crippen molar-refractivity contribution in [1.82, 2.24) is 35.1 Å². The maximum absolute atomic E-state index is 12.7. The predicted molar refractivity (Wildman–Crippen MR) is 213 cm³/mol. The van der Waals surface area contributed by atoms with Crippen LogP contribution in [0, 0.1) is 5.92 Å². The number of anilines is 4. The predicted octanol–water partition coefficient (Wildman–Crippen LogP) is 2.61. The van der Waals surface area contributed by atoms with E-state index in [1.807, 2.05) is 30.1 Å². The number of likely N-dealkylation sites (N-methyl/N-ethyl adjacent to an activating group) is 1. The Bertz CT molecular complexity index is 2330. The van der Waals surface area contributed by atoms with E-state index in [1.165, 1.54) is 11.1 Å². The van der Waals surface area contributed by atoms with Crippen molar-refractivity contribution in [2.24, 2.45) is 11.7 Å². The molecule has 17 heteroatoms. The number of urea groups is 1. The molecule has 4 aromatic rings. The third-order valence-electron chi connectivity index (χ3n) is 12.9. The molecule has 4 N–H and O–H groups in total. The first kappa shape index (κ1) is 36.4. The molecule has 6 aliphatic rings. The van der Waals surface area contributed by atoms with Crippen LogP contribution < -0.4 is 30.9 Å². The van der Waals surface area contributed by atoms with Crippen molar-refractivity contribution in [3.8, 4) is 5.75 Å². The lowest BCUT2D eigenvalue weighted by Gasteiger charge is -2.46. The number of ether oxygens (including phenoxy) is 1. The molecule has 2 aromatic carbocycles. The normalized spacial score (nSPS) is 24.7.